The zero-order valence-electron chi connectivity index (χ0n) is 17.9. The van der Waals surface area contributed by atoms with Crippen LogP contribution in [0.3, 0.4) is 0 Å². The van der Waals surface area contributed by atoms with Crippen LogP contribution in [-0.4, -0.2) is 47.0 Å². The Balaban J connectivity index is 1.78. The number of benzene rings is 2. The van der Waals surface area contributed by atoms with Gasteiger partial charge in [0.1, 0.15) is 0 Å². The summed E-state index contributed by atoms with van der Waals surface area (Å²) in [5.41, 5.74) is 2.22. The maximum atomic E-state index is 12.8. The van der Waals surface area contributed by atoms with Crippen LogP contribution < -0.4 is 0 Å². The molecule has 9 heteroatoms. The monoisotopic (exact) mass is 459 g/mol. The Morgan fingerprint density at radius 3 is 2.42 bits per heavy atom. The lowest BCUT2D eigenvalue weighted by atomic mass is 10.1. The molecule has 1 aromatic heterocycles. The molecule has 2 aromatic carbocycles. The number of hydrogen-bond acceptors (Lipinski definition) is 7. The van der Waals surface area contributed by atoms with Crippen LogP contribution in [0.1, 0.15) is 36.7 Å². The molecule has 0 fully saturated rings. The third-order valence-corrected chi connectivity index (χ3v) is 7.79. The minimum atomic E-state index is -3.60. The zero-order chi connectivity index (χ0) is 22.6. The molecule has 1 atom stereocenters. The fourth-order valence-electron chi connectivity index (χ4n) is 3.03. The van der Waals surface area contributed by atoms with Gasteiger partial charge in [-0.2, -0.15) is 4.31 Å². The number of Topliss-reactive ketones (excluding diaryl/α,β-unsaturated/α-hetero) is 1. The molecule has 0 radical (unpaired) electrons. The largest absolute Gasteiger partial charge is 0.411 e. The molecule has 0 spiro atoms. The second-order valence-corrected chi connectivity index (χ2v) is 10.2. The smallest absolute Gasteiger partial charge is 0.277 e. The quantitative estimate of drug-likeness (QED) is 0.345. The molecule has 0 aliphatic carbocycles. The molecule has 164 valence electrons. The predicted octanol–water partition coefficient (Wildman–Crippen LogP) is 4.44. The summed E-state index contributed by atoms with van der Waals surface area (Å²) in [7, 11) is -3.60. The van der Waals surface area contributed by atoms with Crippen molar-refractivity contribution in [3.05, 3.63) is 59.7 Å². The van der Waals surface area contributed by atoms with Gasteiger partial charge < -0.3 is 4.42 Å². The van der Waals surface area contributed by atoms with Crippen molar-refractivity contribution in [1.29, 1.82) is 0 Å². The Morgan fingerprint density at radius 1 is 1.10 bits per heavy atom. The summed E-state index contributed by atoms with van der Waals surface area (Å²) in [6.45, 7) is 8.12. The standard InChI is InChI=1S/C22H25N3O4S2/c1-5-25(6-2)31(27,28)19-9-7-8-18(14-19)21-23-24-22(29-21)30-16(4)20(26)17-12-10-15(3)11-13-17/h7-14,16H,5-6H2,1-4H3/t16-/m1/s1. The van der Waals surface area contributed by atoms with Gasteiger partial charge >= 0.3 is 0 Å². The van der Waals surface area contributed by atoms with E-state index in [2.05, 4.69) is 10.2 Å². The number of nitrogens with zero attached hydrogens (tertiary/aromatic N) is 3. The second-order valence-electron chi connectivity index (χ2n) is 6.98. The van der Waals surface area contributed by atoms with Crippen molar-refractivity contribution < 1.29 is 17.6 Å². The predicted molar refractivity (Wildman–Crippen MR) is 121 cm³/mol. The normalized spacial score (nSPS) is 12.8. The lowest BCUT2D eigenvalue weighted by Gasteiger charge is -2.18. The van der Waals surface area contributed by atoms with Crippen LogP contribution in [0.25, 0.3) is 11.5 Å². The van der Waals surface area contributed by atoms with Gasteiger partial charge in [-0.05, 0) is 32.0 Å². The fraction of sp³-hybridized carbons (Fsp3) is 0.318. The minimum absolute atomic E-state index is 0.0305. The van der Waals surface area contributed by atoms with E-state index in [0.717, 1.165) is 5.56 Å². The number of hydrogen-bond donors (Lipinski definition) is 0. The highest BCUT2D eigenvalue weighted by molar-refractivity contribution is 8.00. The van der Waals surface area contributed by atoms with Gasteiger partial charge in [0.05, 0.1) is 10.1 Å². The number of ketones is 1. The van der Waals surface area contributed by atoms with Gasteiger partial charge in [-0.1, -0.05) is 61.5 Å². The van der Waals surface area contributed by atoms with Gasteiger partial charge in [0.25, 0.3) is 5.22 Å². The third kappa shape index (κ3) is 5.23. The first-order valence-corrected chi connectivity index (χ1v) is 12.3. The molecule has 0 aliphatic heterocycles. The summed E-state index contributed by atoms with van der Waals surface area (Å²) in [5, 5.41) is 7.89. The molecule has 0 aliphatic rings. The van der Waals surface area contributed by atoms with E-state index in [0.29, 0.717) is 24.2 Å². The van der Waals surface area contributed by atoms with Gasteiger partial charge in [-0.25, -0.2) is 8.42 Å². The molecule has 7 nitrogen and oxygen atoms in total. The molecule has 1 heterocycles. The number of sulfonamides is 1. The van der Waals surface area contributed by atoms with E-state index in [9.17, 15) is 13.2 Å². The van der Waals surface area contributed by atoms with Crippen LogP contribution in [0.15, 0.2) is 63.1 Å². The van der Waals surface area contributed by atoms with Crippen molar-refractivity contribution in [1.82, 2.24) is 14.5 Å². The summed E-state index contributed by atoms with van der Waals surface area (Å²) in [6, 6.07) is 13.8. The van der Waals surface area contributed by atoms with Crippen LogP contribution in [0.5, 0.6) is 0 Å². The van der Waals surface area contributed by atoms with Crippen LogP contribution in [0.4, 0.5) is 0 Å². The summed E-state index contributed by atoms with van der Waals surface area (Å²) >= 11 is 1.17. The number of rotatable bonds is 9. The Morgan fingerprint density at radius 2 is 1.77 bits per heavy atom. The Bertz CT molecular complexity index is 1150. The summed E-state index contributed by atoms with van der Waals surface area (Å²) in [5.74, 6) is 0.172. The number of carbonyl (C=O) groups excluding carboxylic acids is 1. The Hall–Kier alpha value is -2.49. The first kappa shape index (κ1) is 23.2. The Kier molecular flexibility index (Phi) is 7.30. The van der Waals surface area contributed by atoms with Gasteiger partial charge in [0, 0.05) is 24.2 Å². The van der Waals surface area contributed by atoms with Crippen LogP contribution in [0, 0.1) is 6.92 Å². The number of aromatic nitrogens is 2. The maximum absolute atomic E-state index is 12.8. The molecule has 0 unspecified atom stereocenters. The van der Waals surface area contributed by atoms with Crippen molar-refractivity contribution in [3.63, 3.8) is 0 Å². The summed E-state index contributed by atoms with van der Waals surface area (Å²) in [6.07, 6.45) is 0. The molecule has 0 N–H and O–H groups in total. The highest BCUT2D eigenvalue weighted by Crippen LogP contribution is 2.29. The van der Waals surface area contributed by atoms with E-state index in [-0.39, 0.29) is 21.8 Å². The lowest BCUT2D eigenvalue weighted by molar-refractivity contribution is 0.0993. The first-order valence-electron chi connectivity index (χ1n) is 9.97. The lowest BCUT2D eigenvalue weighted by Crippen LogP contribution is -2.30. The van der Waals surface area contributed by atoms with Crippen LogP contribution >= 0.6 is 11.8 Å². The maximum Gasteiger partial charge on any atom is 0.277 e. The van der Waals surface area contributed by atoms with E-state index in [4.69, 9.17) is 4.42 Å². The molecule has 0 saturated carbocycles. The molecular formula is C22H25N3O4S2. The third-order valence-electron chi connectivity index (χ3n) is 4.81. The molecule has 31 heavy (non-hydrogen) atoms. The first-order chi connectivity index (χ1) is 14.8. The summed E-state index contributed by atoms with van der Waals surface area (Å²) in [4.78, 5) is 12.8. The van der Waals surface area contributed by atoms with Crippen LogP contribution in [-0.2, 0) is 10.0 Å². The molecule has 3 rings (SSSR count). The van der Waals surface area contributed by atoms with Gasteiger partial charge in [0.15, 0.2) is 5.78 Å². The van der Waals surface area contributed by atoms with E-state index < -0.39 is 15.3 Å². The van der Waals surface area contributed by atoms with E-state index in [1.54, 1.807) is 51.1 Å². The molecule has 3 aromatic rings. The number of aryl methyl sites for hydroxylation is 1. The molecule has 0 bridgehead atoms. The van der Waals surface area contributed by atoms with Crippen molar-refractivity contribution in [2.75, 3.05) is 13.1 Å². The van der Waals surface area contributed by atoms with E-state index >= 15 is 0 Å². The SMILES string of the molecule is CCN(CC)S(=O)(=O)c1cccc(-c2nnc(S[C@H](C)C(=O)c3ccc(C)cc3)o2)c1. The fourth-order valence-corrected chi connectivity index (χ4v) is 5.30. The molecular weight excluding hydrogens is 434 g/mol. The average Bonchev–Trinajstić information content (AvgIpc) is 3.23. The zero-order valence-corrected chi connectivity index (χ0v) is 19.5. The summed E-state index contributed by atoms with van der Waals surface area (Å²) < 4.78 is 32.6. The van der Waals surface area contributed by atoms with Gasteiger partial charge in [-0.3, -0.25) is 4.79 Å². The molecule has 0 amide bonds. The number of thioether (sulfide) groups is 1. The van der Waals surface area contributed by atoms with Crippen LogP contribution in [0.2, 0.25) is 0 Å². The van der Waals surface area contributed by atoms with Crippen molar-refractivity contribution in [3.8, 4) is 11.5 Å². The highest BCUT2D eigenvalue weighted by Gasteiger charge is 2.23. The molecule has 0 saturated heterocycles. The van der Waals surface area contributed by atoms with Crippen molar-refractivity contribution in [2.24, 2.45) is 0 Å². The van der Waals surface area contributed by atoms with E-state index in [1.165, 1.54) is 22.1 Å². The number of carbonyl (C=O) groups is 1. The van der Waals surface area contributed by atoms with Crippen molar-refractivity contribution in [2.45, 2.75) is 43.1 Å². The van der Waals surface area contributed by atoms with E-state index in [1.807, 2.05) is 19.1 Å². The van der Waals surface area contributed by atoms with Gasteiger partial charge in [0.2, 0.25) is 15.9 Å². The second kappa shape index (κ2) is 9.76. The van der Waals surface area contributed by atoms with Crippen molar-refractivity contribution >= 4 is 27.6 Å². The topological polar surface area (TPSA) is 93.4 Å². The Labute approximate surface area is 186 Å². The minimum Gasteiger partial charge on any atom is -0.411 e. The average molecular weight is 460 g/mol. The van der Waals surface area contributed by atoms with Gasteiger partial charge in [-0.15, -0.1) is 10.2 Å². The highest BCUT2D eigenvalue weighted by atomic mass is 32.2.